The van der Waals surface area contributed by atoms with Crippen molar-refractivity contribution in [3.63, 3.8) is 0 Å². The minimum atomic E-state index is 0.400. The Bertz CT molecular complexity index is 218. The molecular formula is C14H28N2O. The number of ether oxygens (including phenoxy) is 1. The van der Waals surface area contributed by atoms with Crippen molar-refractivity contribution in [2.75, 3.05) is 32.8 Å². The topological polar surface area (TPSA) is 24.5 Å². The zero-order valence-corrected chi connectivity index (χ0v) is 11.5. The highest BCUT2D eigenvalue weighted by Crippen LogP contribution is 2.34. The lowest BCUT2D eigenvalue weighted by molar-refractivity contribution is -0.0265. The van der Waals surface area contributed by atoms with Gasteiger partial charge in [0.2, 0.25) is 0 Å². The third-order valence-electron chi connectivity index (χ3n) is 4.11. The molecule has 3 nitrogen and oxygen atoms in total. The standard InChI is InChI=1S/C14H28N2O/c1-3-13(9-12-5-6-12)15-10-14-11-16(4-2)7-8-17-14/h12-15H,3-11H2,1-2H3. The van der Waals surface area contributed by atoms with E-state index in [2.05, 4.69) is 24.1 Å². The Kier molecular flexibility index (Phi) is 5.26. The molecule has 17 heavy (non-hydrogen) atoms. The molecule has 2 aliphatic rings. The lowest BCUT2D eigenvalue weighted by Crippen LogP contribution is -2.48. The van der Waals surface area contributed by atoms with Crippen LogP contribution in [0.5, 0.6) is 0 Å². The van der Waals surface area contributed by atoms with Crippen LogP contribution in [0.2, 0.25) is 0 Å². The number of nitrogens with one attached hydrogen (secondary N) is 1. The van der Waals surface area contributed by atoms with Gasteiger partial charge >= 0.3 is 0 Å². The predicted octanol–water partition coefficient (Wildman–Crippen LogP) is 1.88. The maximum atomic E-state index is 5.82. The Morgan fingerprint density at radius 1 is 1.35 bits per heavy atom. The molecule has 2 fully saturated rings. The molecule has 1 heterocycles. The molecule has 0 spiro atoms. The first-order valence-corrected chi connectivity index (χ1v) is 7.39. The Hall–Kier alpha value is -0.120. The lowest BCUT2D eigenvalue weighted by atomic mass is 10.1. The Labute approximate surface area is 106 Å². The summed E-state index contributed by atoms with van der Waals surface area (Å²) in [5, 5.41) is 3.70. The molecule has 100 valence electrons. The van der Waals surface area contributed by atoms with Gasteiger partial charge in [-0.25, -0.2) is 0 Å². The summed E-state index contributed by atoms with van der Waals surface area (Å²) in [5.41, 5.74) is 0. The van der Waals surface area contributed by atoms with Crippen LogP contribution in [0.4, 0.5) is 0 Å². The lowest BCUT2D eigenvalue weighted by Gasteiger charge is -2.33. The quantitative estimate of drug-likeness (QED) is 0.735. The van der Waals surface area contributed by atoms with Gasteiger partial charge in [0.25, 0.3) is 0 Å². The van der Waals surface area contributed by atoms with Gasteiger partial charge in [0, 0.05) is 25.7 Å². The van der Waals surface area contributed by atoms with Gasteiger partial charge in [0.05, 0.1) is 12.7 Å². The summed E-state index contributed by atoms with van der Waals surface area (Å²) in [5.74, 6) is 1.02. The molecule has 3 heteroatoms. The molecule has 0 radical (unpaired) electrons. The van der Waals surface area contributed by atoms with E-state index in [1.807, 2.05) is 0 Å². The van der Waals surface area contributed by atoms with Gasteiger partial charge in [-0.3, -0.25) is 4.90 Å². The number of morpholine rings is 1. The van der Waals surface area contributed by atoms with Crippen molar-refractivity contribution in [3.8, 4) is 0 Å². The fourth-order valence-corrected chi connectivity index (χ4v) is 2.64. The van der Waals surface area contributed by atoms with E-state index < -0.39 is 0 Å². The van der Waals surface area contributed by atoms with Crippen molar-refractivity contribution in [3.05, 3.63) is 0 Å². The molecule has 2 rings (SSSR count). The highest BCUT2D eigenvalue weighted by atomic mass is 16.5. The van der Waals surface area contributed by atoms with Crippen LogP contribution in [0.15, 0.2) is 0 Å². The van der Waals surface area contributed by atoms with Crippen molar-refractivity contribution in [1.82, 2.24) is 10.2 Å². The van der Waals surface area contributed by atoms with E-state index in [9.17, 15) is 0 Å². The molecule has 0 bridgehead atoms. The SMILES string of the molecule is CCC(CC1CC1)NCC1CN(CC)CCO1. The summed E-state index contributed by atoms with van der Waals surface area (Å²) < 4.78 is 5.82. The van der Waals surface area contributed by atoms with E-state index in [-0.39, 0.29) is 0 Å². The minimum absolute atomic E-state index is 0.400. The van der Waals surface area contributed by atoms with E-state index in [0.717, 1.165) is 38.7 Å². The first-order valence-electron chi connectivity index (χ1n) is 7.39. The fourth-order valence-electron chi connectivity index (χ4n) is 2.64. The van der Waals surface area contributed by atoms with Crippen molar-refractivity contribution in [2.45, 2.75) is 51.7 Å². The molecule has 1 aliphatic heterocycles. The Morgan fingerprint density at radius 3 is 2.82 bits per heavy atom. The van der Waals surface area contributed by atoms with Gasteiger partial charge in [-0.15, -0.1) is 0 Å². The third kappa shape index (κ3) is 4.57. The Balaban J connectivity index is 1.64. The molecule has 2 atom stereocenters. The van der Waals surface area contributed by atoms with Crippen molar-refractivity contribution in [2.24, 2.45) is 5.92 Å². The number of rotatable bonds is 7. The van der Waals surface area contributed by atoms with Crippen LogP contribution in [0.1, 0.15) is 39.5 Å². The Morgan fingerprint density at radius 2 is 2.18 bits per heavy atom. The van der Waals surface area contributed by atoms with Crippen molar-refractivity contribution in [1.29, 1.82) is 0 Å². The van der Waals surface area contributed by atoms with E-state index in [4.69, 9.17) is 4.74 Å². The first-order chi connectivity index (χ1) is 8.31. The zero-order chi connectivity index (χ0) is 12.1. The number of likely N-dealkylation sites (N-methyl/N-ethyl adjacent to an activating group) is 1. The molecule has 1 N–H and O–H groups in total. The zero-order valence-electron chi connectivity index (χ0n) is 11.5. The van der Waals surface area contributed by atoms with Gasteiger partial charge in [0.1, 0.15) is 0 Å². The van der Waals surface area contributed by atoms with E-state index in [1.165, 1.54) is 25.7 Å². The average Bonchev–Trinajstić information content (AvgIpc) is 3.18. The van der Waals surface area contributed by atoms with Gasteiger partial charge in [-0.05, 0) is 25.3 Å². The van der Waals surface area contributed by atoms with Gasteiger partial charge in [-0.1, -0.05) is 26.7 Å². The van der Waals surface area contributed by atoms with Crippen LogP contribution in [0.3, 0.4) is 0 Å². The van der Waals surface area contributed by atoms with E-state index in [1.54, 1.807) is 0 Å². The van der Waals surface area contributed by atoms with Crippen LogP contribution >= 0.6 is 0 Å². The molecule has 0 aromatic carbocycles. The molecule has 1 aliphatic carbocycles. The van der Waals surface area contributed by atoms with E-state index >= 15 is 0 Å². The summed E-state index contributed by atoms with van der Waals surface area (Å²) in [6.45, 7) is 9.81. The second kappa shape index (κ2) is 6.72. The number of nitrogens with zero attached hydrogens (tertiary/aromatic N) is 1. The second-order valence-electron chi connectivity index (χ2n) is 5.58. The molecule has 1 saturated heterocycles. The summed E-state index contributed by atoms with van der Waals surface area (Å²) in [7, 11) is 0. The summed E-state index contributed by atoms with van der Waals surface area (Å²) in [4.78, 5) is 2.48. The van der Waals surface area contributed by atoms with Crippen LogP contribution < -0.4 is 5.32 Å². The highest BCUT2D eigenvalue weighted by Gasteiger charge is 2.25. The summed E-state index contributed by atoms with van der Waals surface area (Å²) >= 11 is 0. The first kappa shape index (κ1) is 13.3. The summed E-state index contributed by atoms with van der Waals surface area (Å²) in [6, 6.07) is 0.711. The second-order valence-corrected chi connectivity index (χ2v) is 5.58. The predicted molar refractivity (Wildman–Crippen MR) is 71.3 cm³/mol. The van der Waals surface area contributed by atoms with E-state index in [0.29, 0.717) is 12.1 Å². The molecule has 0 aromatic heterocycles. The molecular weight excluding hydrogens is 212 g/mol. The third-order valence-corrected chi connectivity index (χ3v) is 4.11. The molecule has 2 unspecified atom stereocenters. The maximum absolute atomic E-state index is 5.82. The smallest absolute Gasteiger partial charge is 0.0826 e. The fraction of sp³-hybridized carbons (Fsp3) is 1.00. The number of hydrogen-bond donors (Lipinski definition) is 1. The highest BCUT2D eigenvalue weighted by molar-refractivity contribution is 4.81. The van der Waals surface area contributed by atoms with Gasteiger partial charge in [0.15, 0.2) is 0 Å². The van der Waals surface area contributed by atoms with Crippen molar-refractivity contribution >= 4 is 0 Å². The van der Waals surface area contributed by atoms with Gasteiger partial charge in [-0.2, -0.15) is 0 Å². The molecule has 0 aromatic rings. The van der Waals surface area contributed by atoms with Crippen LogP contribution in [0.25, 0.3) is 0 Å². The normalized spacial score (nSPS) is 28.2. The van der Waals surface area contributed by atoms with Gasteiger partial charge < -0.3 is 10.1 Å². The molecule has 0 amide bonds. The van der Waals surface area contributed by atoms with Crippen LogP contribution in [-0.2, 0) is 4.74 Å². The largest absolute Gasteiger partial charge is 0.374 e. The average molecular weight is 240 g/mol. The number of hydrogen-bond acceptors (Lipinski definition) is 3. The maximum Gasteiger partial charge on any atom is 0.0826 e. The summed E-state index contributed by atoms with van der Waals surface area (Å²) in [6.07, 6.45) is 5.95. The van der Waals surface area contributed by atoms with Crippen LogP contribution in [0, 0.1) is 5.92 Å². The monoisotopic (exact) mass is 240 g/mol. The molecule has 1 saturated carbocycles. The minimum Gasteiger partial charge on any atom is -0.374 e. The van der Waals surface area contributed by atoms with Crippen molar-refractivity contribution < 1.29 is 4.74 Å². The van der Waals surface area contributed by atoms with Crippen LogP contribution in [-0.4, -0.2) is 49.8 Å².